The normalized spacial score (nSPS) is 11.5. The molecule has 0 bridgehead atoms. The fraction of sp³-hybridized carbons (Fsp3) is 0.438. The summed E-state index contributed by atoms with van der Waals surface area (Å²) in [6, 6.07) is 3.67. The zero-order valence-corrected chi connectivity index (χ0v) is 14.4. The van der Waals surface area contributed by atoms with Crippen LogP contribution in [0.25, 0.3) is 10.8 Å². The summed E-state index contributed by atoms with van der Waals surface area (Å²) in [6.45, 7) is 7.24. The molecule has 23 heavy (non-hydrogen) atoms. The number of amides is 1. The van der Waals surface area contributed by atoms with Crippen molar-refractivity contribution in [3.63, 3.8) is 0 Å². The number of rotatable bonds is 6. The maximum absolute atomic E-state index is 12.5. The predicted octanol–water partition coefficient (Wildman–Crippen LogP) is 3.39. The third-order valence-corrected chi connectivity index (χ3v) is 4.54. The number of hydrogen-bond donors (Lipinski definition) is 2. The second-order valence-corrected chi connectivity index (χ2v) is 7.07. The molecule has 2 aromatic heterocycles. The monoisotopic (exact) mass is 336 g/mol. The maximum Gasteiger partial charge on any atom is 0.303 e. The molecule has 0 aliphatic rings. The van der Waals surface area contributed by atoms with Crippen molar-refractivity contribution in [1.82, 2.24) is 10.3 Å². The third kappa shape index (κ3) is 4.41. The summed E-state index contributed by atoms with van der Waals surface area (Å²) in [5.74, 6) is 0.301. The molecule has 7 heteroatoms. The Bertz CT molecular complexity index is 730. The molecule has 2 N–H and O–H groups in total. The second-order valence-electron chi connectivity index (χ2n) is 6.08. The van der Waals surface area contributed by atoms with Gasteiger partial charge in [0.25, 0.3) is 5.91 Å². The van der Waals surface area contributed by atoms with Gasteiger partial charge < -0.3 is 14.8 Å². The molecule has 2 rings (SSSR count). The quantitative estimate of drug-likeness (QED) is 0.843. The van der Waals surface area contributed by atoms with E-state index >= 15 is 0 Å². The van der Waals surface area contributed by atoms with Gasteiger partial charge in [-0.25, -0.2) is 4.98 Å². The van der Waals surface area contributed by atoms with Gasteiger partial charge in [0.15, 0.2) is 10.8 Å². The lowest BCUT2D eigenvalue weighted by molar-refractivity contribution is -0.137. The zero-order valence-electron chi connectivity index (χ0n) is 13.6. The molecule has 2 heterocycles. The van der Waals surface area contributed by atoms with Gasteiger partial charge in [0.1, 0.15) is 10.6 Å². The first-order valence-electron chi connectivity index (χ1n) is 7.26. The van der Waals surface area contributed by atoms with Gasteiger partial charge in [-0.1, -0.05) is 0 Å². The van der Waals surface area contributed by atoms with Crippen molar-refractivity contribution >= 4 is 23.2 Å². The fourth-order valence-electron chi connectivity index (χ4n) is 2.11. The predicted molar refractivity (Wildman–Crippen MR) is 87.7 cm³/mol. The van der Waals surface area contributed by atoms with Crippen LogP contribution in [0.5, 0.6) is 0 Å². The highest BCUT2D eigenvalue weighted by Crippen LogP contribution is 2.29. The van der Waals surface area contributed by atoms with E-state index in [1.165, 1.54) is 11.3 Å². The van der Waals surface area contributed by atoms with E-state index in [4.69, 9.17) is 9.52 Å². The topological polar surface area (TPSA) is 92.4 Å². The highest BCUT2D eigenvalue weighted by molar-refractivity contribution is 7.17. The maximum atomic E-state index is 12.5. The molecule has 0 atom stereocenters. The van der Waals surface area contributed by atoms with Crippen LogP contribution in [0.15, 0.2) is 16.5 Å². The molecule has 0 fully saturated rings. The number of carbonyl (C=O) groups excluding carboxylic acids is 1. The van der Waals surface area contributed by atoms with Gasteiger partial charge in [-0.15, -0.1) is 11.3 Å². The SMILES string of the molecule is Cc1ccc(-c2nc(C)c(C(=O)NC(C)(C)CCC(=O)O)s2)o1. The Kier molecular flexibility index (Phi) is 4.89. The number of carboxylic acid groups (broad SMARTS) is 1. The summed E-state index contributed by atoms with van der Waals surface area (Å²) in [5, 5.41) is 12.3. The molecule has 124 valence electrons. The number of thiazole rings is 1. The van der Waals surface area contributed by atoms with E-state index in [1.54, 1.807) is 20.8 Å². The number of nitrogens with zero attached hydrogens (tertiary/aromatic N) is 1. The highest BCUT2D eigenvalue weighted by atomic mass is 32.1. The first-order chi connectivity index (χ1) is 10.7. The van der Waals surface area contributed by atoms with Crippen LogP contribution in [0.1, 0.15) is 47.8 Å². The van der Waals surface area contributed by atoms with Crippen molar-refractivity contribution in [3.8, 4) is 10.8 Å². The first kappa shape index (κ1) is 17.2. The molecule has 0 spiro atoms. The Balaban J connectivity index is 2.13. The number of aryl methyl sites for hydroxylation is 2. The summed E-state index contributed by atoms with van der Waals surface area (Å²) in [7, 11) is 0. The van der Waals surface area contributed by atoms with E-state index in [9.17, 15) is 9.59 Å². The zero-order chi connectivity index (χ0) is 17.2. The van der Waals surface area contributed by atoms with Crippen molar-refractivity contribution in [2.75, 3.05) is 0 Å². The minimum Gasteiger partial charge on any atom is -0.481 e. The summed E-state index contributed by atoms with van der Waals surface area (Å²) < 4.78 is 5.53. The van der Waals surface area contributed by atoms with Crippen molar-refractivity contribution in [3.05, 3.63) is 28.5 Å². The number of furan rings is 1. The molecular formula is C16H20N2O4S. The van der Waals surface area contributed by atoms with Gasteiger partial charge in [0.05, 0.1) is 5.69 Å². The molecule has 0 aliphatic heterocycles. The number of nitrogens with one attached hydrogen (secondary N) is 1. The van der Waals surface area contributed by atoms with Crippen LogP contribution >= 0.6 is 11.3 Å². The first-order valence-corrected chi connectivity index (χ1v) is 8.08. The smallest absolute Gasteiger partial charge is 0.303 e. The van der Waals surface area contributed by atoms with Gasteiger partial charge >= 0.3 is 5.97 Å². The van der Waals surface area contributed by atoms with Crippen LogP contribution < -0.4 is 5.32 Å². The van der Waals surface area contributed by atoms with E-state index < -0.39 is 11.5 Å². The third-order valence-electron chi connectivity index (χ3n) is 3.37. The van der Waals surface area contributed by atoms with Gasteiger partial charge in [-0.2, -0.15) is 0 Å². The average Bonchev–Trinajstić information content (AvgIpc) is 3.02. The summed E-state index contributed by atoms with van der Waals surface area (Å²) in [6.07, 6.45) is 0.363. The van der Waals surface area contributed by atoms with Crippen molar-refractivity contribution in [2.24, 2.45) is 0 Å². The molecule has 0 radical (unpaired) electrons. The molecule has 2 aromatic rings. The lowest BCUT2D eigenvalue weighted by Crippen LogP contribution is -2.43. The molecule has 0 unspecified atom stereocenters. The number of aliphatic carboxylic acids is 1. The number of carboxylic acids is 1. The lowest BCUT2D eigenvalue weighted by atomic mass is 9.98. The van der Waals surface area contributed by atoms with Gasteiger partial charge in [0, 0.05) is 12.0 Å². The molecule has 6 nitrogen and oxygen atoms in total. The molecule has 1 amide bonds. The van der Waals surface area contributed by atoms with Gasteiger partial charge in [0.2, 0.25) is 0 Å². The fourth-order valence-corrected chi connectivity index (χ4v) is 3.03. The van der Waals surface area contributed by atoms with E-state index in [1.807, 2.05) is 19.1 Å². The summed E-state index contributed by atoms with van der Waals surface area (Å²) in [4.78, 5) is 28.0. The molecule has 0 aliphatic carbocycles. The second kappa shape index (κ2) is 6.54. The molecular weight excluding hydrogens is 316 g/mol. The van der Waals surface area contributed by atoms with E-state index in [0.29, 0.717) is 27.8 Å². The van der Waals surface area contributed by atoms with Crippen molar-refractivity contribution in [2.45, 2.75) is 46.1 Å². The Morgan fingerprint density at radius 1 is 1.35 bits per heavy atom. The number of aromatic nitrogens is 1. The van der Waals surface area contributed by atoms with Crippen LogP contribution in [0.3, 0.4) is 0 Å². The highest BCUT2D eigenvalue weighted by Gasteiger charge is 2.25. The van der Waals surface area contributed by atoms with Gasteiger partial charge in [-0.3, -0.25) is 9.59 Å². The Morgan fingerprint density at radius 3 is 2.61 bits per heavy atom. The largest absolute Gasteiger partial charge is 0.481 e. The van der Waals surface area contributed by atoms with Crippen LogP contribution in [0, 0.1) is 13.8 Å². The van der Waals surface area contributed by atoms with E-state index in [-0.39, 0.29) is 12.3 Å². The van der Waals surface area contributed by atoms with Crippen molar-refractivity contribution in [1.29, 1.82) is 0 Å². The Labute approximate surface area is 138 Å². The van der Waals surface area contributed by atoms with Crippen LogP contribution in [0.4, 0.5) is 0 Å². The number of hydrogen-bond acceptors (Lipinski definition) is 5. The minimum atomic E-state index is -0.878. The molecule has 0 saturated heterocycles. The lowest BCUT2D eigenvalue weighted by Gasteiger charge is -2.25. The van der Waals surface area contributed by atoms with Gasteiger partial charge in [-0.05, 0) is 46.2 Å². The van der Waals surface area contributed by atoms with Crippen molar-refractivity contribution < 1.29 is 19.1 Å². The van der Waals surface area contributed by atoms with Crippen LogP contribution in [0.2, 0.25) is 0 Å². The summed E-state index contributed by atoms with van der Waals surface area (Å²) in [5.41, 5.74) is 0.0263. The molecule has 0 saturated carbocycles. The number of carbonyl (C=O) groups is 2. The van der Waals surface area contributed by atoms with E-state index in [2.05, 4.69) is 10.3 Å². The van der Waals surface area contributed by atoms with Crippen LogP contribution in [-0.4, -0.2) is 27.5 Å². The Hall–Kier alpha value is -2.15. The standard InChI is InChI=1S/C16H20N2O4S/c1-9-5-6-11(22-9)15-17-10(2)13(23-15)14(21)18-16(3,4)8-7-12(19)20/h5-6H,7-8H2,1-4H3,(H,18,21)(H,19,20). The Morgan fingerprint density at radius 2 is 2.04 bits per heavy atom. The molecule has 0 aromatic carbocycles. The van der Waals surface area contributed by atoms with Crippen LogP contribution in [-0.2, 0) is 4.79 Å². The summed E-state index contributed by atoms with van der Waals surface area (Å²) >= 11 is 1.27. The average molecular weight is 336 g/mol. The minimum absolute atomic E-state index is 0.00583. The van der Waals surface area contributed by atoms with E-state index in [0.717, 1.165) is 5.76 Å².